The van der Waals surface area contributed by atoms with Crippen molar-refractivity contribution in [1.29, 1.82) is 0 Å². The van der Waals surface area contributed by atoms with Gasteiger partial charge in [0.15, 0.2) is 0 Å². The molecule has 17 heavy (non-hydrogen) atoms. The summed E-state index contributed by atoms with van der Waals surface area (Å²) in [6, 6.07) is 5.16. The van der Waals surface area contributed by atoms with Crippen molar-refractivity contribution in [2.24, 2.45) is 5.92 Å². The van der Waals surface area contributed by atoms with Gasteiger partial charge in [0, 0.05) is 6.20 Å². The Labute approximate surface area is 102 Å². The molecule has 1 saturated heterocycles. The fraction of sp³-hybridized carbons (Fsp3) is 0.545. The van der Waals surface area contributed by atoms with E-state index in [2.05, 4.69) is 15.0 Å². The maximum Gasteiger partial charge on any atom is 0.234 e. The average molecular weight is 255 g/mol. The molecule has 6 heteroatoms. The number of anilines is 1. The average Bonchev–Trinajstić information content (AvgIpc) is 2.30. The largest absolute Gasteiger partial charge is 0.316 e. The molecule has 1 aliphatic heterocycles. The van der Waals surface area contributed by atoms with E-state index in [4.69, 9.17) is 0 Å². The smallest absolute Gasteiger partial charge is 0.234 e. The quantitative estimate of drug-likeness (QED) is 0.835. The number of sulfonamides is 1. The van der Waals surface area contributed by atoms with Gasteiger partial charge in [0.05, 0.1) is 5.75 Å². The summed E-state index contributed by atoms with van der Waals surface area (Å²) >= 11 is 0. The van der Waals surface area contributed by atoms with Crippen LogP contribution >= 0.6 is 0 Å². The second kappa shape index (κ2) is 5.46. The van der Waals surface area contributed by atoms with E-state index in [0.29, 0.717) is 5.82 Å². The normalized spacial score (nSPS) is 21.1. The van der Waals surface area contributed by atoms with Crippen molar-refractivity contribution in [2.75, 3.05) is 23.6 Å². The van der Waals surface area contributed by atoms with Crippen molar-refractivity contribution < 1.29 is 8.42 Å². The van der Waals surface area contributed by atoms with E-state index in [1.807, 2.05) is 0 Å². The molecule has 2 rings (SSSR count). The van der Waals surface area contributed by atoms with Crippen LogP contribution < -0.4 is 10.0 Å². The molecule has 0 bridgehead atoms. The Morgan fingerprint density at radius 2 is 2.35 bits per heavy atom. The van der Waals surface area contributed by atoms with Crippen LogP contribution in [0.1, 0.15) is 12.8 Å². The number of hydrogen-bond donors (Lipinski definition) is 2. The number of nitrogens with zero attached hydrogens (tertiary/aromatic N) is 1. The van der Waals surface area contributed by atoms with Gasteiger partial charge in [-0.1, -0.05) is 6.07 Å². The van der Waals surface area contributed by atoms with E-state index in [-0.39, 0.29) is 11.7 Å². The van der Waals surface area contributed by atoms with E-state index >= 15 is 0 Å². The number of rotatable bonds is 4. The third-order valence-electron chi connectivity index (χ3n) is 2.78. The SMILES string of the molecule is O=S(=O)(CC1CCCNC1)Nc1ccccn1. The van der Waals surface area contributed by atoms with Crippen LogP contribution in [0.2, 0.25) is 0 Å². The maximum absolute atomic E-state index is 11.9. The summed E-state index contributed by atoms with van der Waals surface area (Å²) in [7, 11) is -3.29. The van der Waals surface area contributed by atoms with Crippen molar-refractivity contribution in [1.82, 2.24) is 10.3 Å². The Balaban J connectivity index is 1.94. The minimum atomic E-state index is -3.29. The molecule has 1 unspecified atom stereocenters. The summed E-state index contributed by atoms with van der Waals surface area (Å²) < 4.78 is 26.3. The Kier molecular flexibility index (Phi) is 3.96. The third kappa shape index (κ3) is 3.98. The van der Waals surface area contributed by atoms with Crippen LogP contribution in [0.15, 0.2) is 24.4 Å². The van der Waals surface area contributed by atoms with Gasteiger partial charge in [-0.05, 0) is 44.0 Å². The first-order chi connectivity index (χ1) is 8.16. The van der Waals surface area contributed by atoms with Gasteiger partial charge in [-0.2, -0.15) is 0 Å². The lowest BCUT2D eigenvalue weighted by molar-refractivity contribution is 0.404. The second-order valence-corrected chi connectivity index (χ2v) is 6.08. The highest BCUT2D eigenvalue weighted by atomic mass is 32.2. The van der Waals surface area contributed by atoms with Crippen molar-refractivity contribution in [2.45, 2.75) is 12.8 Å². The summed E-state index contributed by atoms with van der Waals surface area (Å²) in [5.41, 5.74) is 0. The fourth-order valence-corrected chi connectivity index (χ4v) is 3.43. The summed E-state index contributed by atoms with van der Waals surface area (Å²) in [6.07, 6.45) is 3.58. The summed E-state index contributed by atoms with van der Waals surface area (Å²) in [5, 5.41) is 3.21. The predicted molar refractivity (Wildman–Crippen MR) is 67.2 cm³/mol. The molecule has 94 valence electrons. The monoisotopic (exact) mass is 255 g/mol. The minimum absolute atomic E-state index is 0.163. The first-order valence-electron chi connectivity index (χ1n) is 5.78. The number of aromatic nitrogens is 1. The van der Waals surface area contributed by atoms with Crippen LogP contribution in [0.25, 0.3) is 0 Å². The molecule has 5 nitrogen and oxygen atoms in total. The van der Waals surface area contributed by atoms with Gasteiger partial charge in [-0.25, -0.2) is 13.4 Å². The van der Waals surface area contributed by atoms with Crippen molar-refractivity contribution in [3.05, 3.63) is 24.4 Å². The molecule has 1 aliphatic rings. The topological polar surface area (TPSA) is 71.1 Å². The van der Waals surface area contributed by atoms with Crippen LogP contribution in [0.5, 0.6) is 0 Å². The molecule has 1 atom stereocenters. The van der Waals surface area contributed by atoms with E-state index in [1.54, 1.807) is 24.4 Å². The molecule has 0 amide bonds. The highest BCUT2D eigenvalue weighted by Crippen LogP contribution is 2.14. The van der Waals surface area contributed by atoms with E-state index in [0.717, 1.165) is 25.9 Å². The van der Waals surface area contributed by atoms with E-state index in [1.165, 1.54) is 0 Å². The lowest BCUT2D eigenvalue weighted by Gasteiger charge is -2.22. The van der Waals surface area contributed by atoms with Crippen molar-refractivity contribution >= 4 is 15.8 Å². The predicted octanol–water partition coefficient (Wildman–Crippen LogP) is 0.823. The zero-order valence-electron chi connectivity index (χ0n) is 9.59. The molecule has 1 aromatic rings. The van der Waals surface area contributed by atoms with Crippen LogP contribution in [0.3, 0.4) is 0 Å². The molecule has 2 heterocycles. The lowest BCUT2D eigenvalue weighted by atomic mass is 10.0. The molecular weight excluding hydrogens is 238 g/mol. The first-order valence-corrected chi connectivity index (χ1v) is 7.43. The van der Waals surface area contributed by atoms with Gasteiger partial charge in [0.2, 0.25) is 10.0 Å². The zero-order valence-corrected chi connectivity index (χ0v) is 10.4. The fourth-order valence-electron chi connectivity index (χ4n) is 2.00. The van der Waals surface area contributed by atoms with Crippen LogP contribution in [-0.2, 0) is 10.0 Å². The summed E-state index contributed by atoms with van der Waals surface area (Å²) in [6.45, 7) is 1.77. The Bertz CT molecular complexity index is 441. The Morgan fingerprint density at radius 1 is 1.47 bits per heavy atom. The summed E-state index contributed by atoms with van der Waals surface area (Å²) in [4.78, 5) is 3.95. The molecule has 0 aliphatic carbocycles. The minimum Gasteiger partial charge on any atom is -0.316 e. The highest BCUT2D eigenvalue weighted by molar-refractivity contribution is 7.92. The van der Waals surface area contributed by atoms with Gasteiger partial charge >= 0.3 is 0 Å². The molecule has 0 radical (unpaired) electrons. The number of piperidine rings is 1. The highest BCUT2D eigenvalue weighted by Gasteiger charge is 2.21. The molecular formula is C11H17N3O2S. The number of nitrogens with one attached hydrogen (secondary N) is 2. The van der Waals surface area contributed by atoms with Crippen molar-refractivity contribution in [3.63, 3.8) is 0 Å². The lowest BCUT2D eigenvalue weighted by Crippen LogP contribution is -2.35. The van der Waals surface area contributed by atoms with Gasteiger partial charge in [0.25, 0.3) is 0 Å². The second-order valence-electron chi connectivity index (χ2n) is 4.31. The molecule has 1 aromatic heterocycles. The van der Waals surface area contributed by atoms with Crippen molar-refractivity contribution in [3.8, 4) is 0 Å². The van der Waals surface area contributed by atoms with E-state index in [9.17, 15) is 8.42 Å². The van der Waals surface area contributed by atoms with Crippen LogP contribution in [0, 0.1) is 5.92 Å². The number of pyridine rings is 1. The van der Waals surface area contributed by atoms with Gasteiger partial charge in [0.1, 0.15) is 5.82 Å². The number of hydrogen-bond acceptors (Lipinski definition) is 4. The summed E-state index contributed by atoms with van der Waals surface area (Å²) in [5.74, 6) is 0.748. The molecule has 0 spiro atoms. The molecule has 0 saturated carbocycles. The van der Waals surface area contributed by atoms with Gasteiger partial charge in [-0.3, -0.25) is 4.72 Å². The van der Waals surface area contributed by atoms with E-state index < -0.39 is 10.0 Å². The third-order valence-corrected chi connectivity index (χ3v) is 4.21. The first kappa shape index (κ1) is 12.3. The van der Waals surface area contributed by atoms with Gasteiger partial charge < -0.3 is 5.32 Å². The molecule has 2 N–H and O–H groups in total. The maximum atomic E-state index is 11.9. The Morgan fingerprint density at radius 3 is 3.00 bits per heavy atom. The molecule has 0 aromatic carbocycles. The van der Waals surface area contributed by atoms with Crippen LogP contribution in [0.4, 0.5) is 5.82 Å². The van der Waals surface area contributed by atoms with Gasteiger partial charge in [-0.15, -0.1) is 0 Å². The van der Waals surface area contributed by atoms with Crippen LogP contribution in [-0.4, -0.2) is 32.2 Å². The standard InChI is InChI=1S/C11H17N3O2S/c15-17(16,9-10-4-3-6-12-8-10)14-11-5-1-2-7-13-11/h1-2,5,7,10,12H,3-4,6,8-9H2,(H,13,14). The zero-order chi connectivity index (χ0) is 12.1. The molecule has 1 fully saturated rings. The Hall–Kier alpha value is -1.14.